The Morgan fingerprint density at radius 3 is 0.934 bits per heavy atom. The molecule has 9 aromatic carbocycles. The summed E-state index contributed by atoms with van der Waals surface area (Å²) in [6.45, 7) is 2.94. The first-order valence-electron chi connectivity index (χ1n) is 35.7. The van der Waals surface area contributed by atoms with Crippen LogP contribution in [-0.4, -0.2) is 137 Å². The van der Waals surface area contributed by atoms with Crippen molar-refractivity contribution in [3.63, 3.8) is 0 Å². The van der Waals surface area contributed by atoms with Crippen LogP contribution in [0.2, 0.25) is 0 Å². The predicted molar refractivity (Wildman–Crippen MR) is 389 cm³/mol. The van der Waals surface area contributed by atoms with Gasteiger partial charge in [0.15, 0.2) is 24.8 Å². The molecule has 20 heteroatoms. The van der Waals surface area contributed by atoms with E-state index < -0.39 is 110 Å². The fourth-order valence-electron chi connectivity index (χ4n) is 12.9. The van der Waals surface area contributed by atoms with Gasteiger partial charge in [0.1, 0.15) is 66.8 Å². The Labute approximate surface area is 618 Å². The topological polar surface area (TPSA) is 208 Å². The molecular formula is C86H90O20. The van der Waals surface area contributed by atoms with Crippen LogP contribution in [0.4, 0.5) is 0 Å². The van der Waals surface area contributed by atoms with Gasteiger partial charge < -0.3 is 80.5 Å². The average molecular weight is 1440 g/mol. The molecule has 0 radical (unpaired) electrons. The number of carbonyl (C=O) groups is 3. The summed E-state index contributed by atoms with van der Waals surface area (Å²) in [6.07, 6.45) is -18.0. The molecule has 0 saturated carbocycles. The van der Waals surface area contributed by atoms with Crippen molar-refractivity contribution in [2.75, 3.05) is 26.9 Å². The highest BCUT2D eigenvalue weighted by Gasteiger charge is 2.57. The molecule has 3 aliphatic rings. The van der Waals surface area contributed by atoms with Gasteiger partial charge in [0, 0.05) is 13.8 Å². The fourth-order valence-corrected chi connectivity index (χ4v) is 12.9. The van der Waals surface area contributed by atoms with Gasteiger partial charge in [0.05, 0.1) is 85.3 Å². The molecule has 3 heterocycles. The number of hydrogen-bond acceptors (Lipinski definition) is 20. The maximum Gasteiger partial charge on any atom is 0.337 e. The van der Waals surface area contributed by atoms with Gasteiger partial charge in [-0.2, -0.15) is 0 Å². The highest BCUT2D eigenvalue weighted by Crippen LogP contribution is 2.39. The molecular weight excluding hydrogens is 1350 g/mol. The Morgan fingerprint density at radius 2 is 0.585 bits per heavy atom. The van der Waals surface area contributed by atoms with Crippen molar-refractivity contribution in [3.05, 3.63) is 317 Å². The number of hydrogen-bond donors (Lipinski definition) is 0. The van der Waals surface area contributed by atoms with Gasteiger partial charge >= 0.3 is 17.9 Å². The highest BCUT2D eigenvalue weighted by atomic mass is 16.8. The molecule has 0 amide bonds. The van der Waals surface area contributed by atoms with Crippen LogP contribution in [0, 0.1) is 0 Å². The van der Waals surface area contributed by atoms with Crippen LogP contribution >= 0.6 is 0 Å². The van der Waals surface area contributed by atoms with Gasteiger partial charge in [-0.15, -0.1) is 0 Å². The van der Waals surface area contributed by atoms with E-state index in [1.807, 2.05) is 243 Å². The van der Waals surface area contributed by atoms with Crippen LogP contribution in [0.15, 0.2) is 267 Å². The van der Waals surface area contributed by atoms with E-state index in [1.165, 1.54) is 21.0 Å². The van der Waals surface area contributed by atoms with E-state index >= 15 is 0 Å². The van der Waals surface area contributed by atoms with E-state index in [0.717, 1.165) is 44.5 Å². The zero-order chi connectivity index (χ0) is 73.1. The van der Waals surface area contributed by atoms with Crippen molar-refractivity contribution in [2.45, 2.75) is 159 Å². The zero-order valence-electron chi connectivity index (χ0n) is 59.5. The fraction of sp³-hybridized carbons (Fsp3) is 0.337. The molecule has 20 nitrogen and oxygen atoms in total. The summed E-state index contributed by atoms with van der Waals surface area (Å²) in [5.41, 5.74) is 7.08. The lowest BCUT2D eigenvalue weighted by Gasteiger charge is -2.50. The third-order valence-electron chi connectivity index (χ3n) is 18.1. The van der Waals surface area contributed by atoms with E-state index in [9.17, 15) is 14.4 Å². The standard InChI is InChI=1S/C86H90O20/c1-59(87)100-81-77(96-53-66-38-22-9-23-39-66)74(93-50-63-32-16-6-17-33-63)71(56-91-48-61-28-12-4-13-29-61)103-84(81)99-58-73-76(95-52-65-36-20-8-21-37-65)79(80(98-55-68-42-26-11-27-43-68)85(105-73)102-70-46-44-69(45-47-70)83(89)90-3)106-86-82(101-60(2)88)78(97-54-67-40-24-10-25-41-67)75(94-51-64-34-18-7-19-35-64)72(104-86)57-92-49-62-30-14-5-15-31-62/h4-47,71-82,84-86H,48-58H2,1-3H3/t71-,72-,73-,74-,75-,76-,77+,78+,79+,80+,81+,82+,84+,85+,86-/m1/s1. The molecule has 3 fully saturated rings. The Morgan fingerprint density at radius 1 is 0.292 bits per heavy atom. The van der Waals surface area contributed by atoms with Crippen LogP contribution in [0.5, 0.6) is 5.75 Å². The lowest BCUT2D eigenvalue weighted by atomic mass is 9.95. The monoisotopic (exact) mass is 1440 g/mol. The van der Waals surface area contributed by atoms with Gasteiger partial charge in [0.2, 0.25) is 6.29 Å². The summed E-state index contributed by atoms with van der Waals surface area (Å²) in [6, 6.07) is 83.6. The molecule has 0 bridgehead atoms. The van der Waals surface area contributed by atoms with Crippen LogP contribution in [-0.2, 0) is 138 Å². The van der Waals surface area contributed by atoms with Crippen molar-refractivity contribution < 1.29 is 94.9 Å². The molecule has 554 valence electrons. The van der Waals surface area contributed by atoms with Crippen molar-refractivity contribution in [2.24, 2.45) is 0 Å². The van der Waals surface area contributed by atoms with Crippen molar-refractivity contribution >= 4 is 17.9 Å². The van der Waals surface area contributed by atoms with Crippen LogP contribution in [0.3, 0.4) is 0 Å². The number of methoxy groups -OCH3 is 1. The minimum absolute atomic E-state index is 0.0128. The highest BCUT2D eigenvalue weighted by molar-refractivity contribution is 5.89. The summed E-state index contributed by atoms with van der Waals surface area (Å²) >= 11 is 0. The molecule has 9 aromatic rings. The van der Waals surface area contributed by atoms with E-state index in [-0.39, 0.29) is 84.0 Å². The van der Waals surface area contributed by atoms with Gasteiger partial charge in [-0.05, 0) is 68.8 Å². The second-order valence-corrected chi connectivity index (χ2v) is 25.9. The summed E-state index contributed by atoms with van der Waals surface area (Å²) in [5, 5.41) is 0. The van der Waals surface area contributed by atoms with Gasteiger partial charge in [-0.1, -0.05) is 243 Å². The van der Waals surface area contributed by atoms with Gasteiger partial charge in [-0.3, -0.25) is 9.59 Å². The largest absolute Gasteiger partial charge is 0.465 e. The SMILES string of the molecule is COC(=O)c1ccc(O[C@H]2O[C@H](CO[C@H]3O[C@H](COCc4ccccc4)[C@@H](OCc4ccccc4)[C@H](OCc4ccccc4)[C@@H]3OC(C)=O)[C@@H](OCc3ccccc3)[C@H](O[C@H]3O[C@H](COCc4ccccc4)[C@@H](OCc4ccccc4)[C@H](OCc4ccccc4)[C@@H]3OC(C)=O)[C@@H]2OCc2ccccc2)cc1. The molecule has 0 unspecified atom stereocenters. The maximum atomic E-state index is 14.0. The second kappa shape index (κ2) is 39.9. The van der Waals surface area contributed by atoms with Crippen molar-refractivity contribution in [1.82, 2.24) is 0 Å². The van der Waals surface area contributed by atoms with Gasteiger partial charge in [-0.25, -0.2) is 4.79 Å². The van der Waals surface area contributed by atoms with Crippen LogP contribution < -0.4 is 4.74 Å². The summed E-state index contributed by atoms with van der Waals surface area (Å²) in [5.74, 6) is -1.62. The third-order valence-corrected chi connectivity index (χ3v) is 18.1. The lowest BCUT2D eigenvalue weighted by Crippen LogP contribution is -2.67. The van der Waals surface area contributed by atoms with E-state index in [1.54, 1.807) is 24.3 Å². The number of ether oxygens (including phenoxy) is 17. The molecule has 3 aliphatic heterocycles. The second-order valence-electron chi connectivity index (χ2n) is 25.9. The number of carbonyl (C=O) groups excluding carboxylic acids is 3. The maximum absolute atomic E-state index is 14.0. The van der Waals surface area contributed by atoms with Crippen LogP contribution in [0.1, 0.15) is 68.7 Å². The summed E-state index contributed by atoms with van der Waals surface area (Å²) in [4.78, 5) is 40.6. The minimum atomic E-state index is -1.52. The first-order valence-corrected chi connectivity index (χ1v) is 35.7. The Balaban J connectivity index is 0.968. The molecule has 15 atom stereocenters. The molecule has 0 aromatic heterocycles. The first-order chi connectivity index (χ1) is 52.1. The van der Waals surface area contributed by atoms with Crippen molar-refractivity contribution in [3.8, 4) is 5.75 Å². The van der Waals surface area contributed by atoms with Crippen molar-refractivity contribution in [1.29, 1.82) is 0 Å². The van der Waals surface area contributed by atoms with E-state index in [2.05, 4.69) is 0 Å². The third kappa shape index (κ3) is 22.1. The van der Waals surface area contributed by atoms with Crippen LogP contribution in [0.25, 0.3) is 0 Å². The predicted octanol–water partition coefficient (Wildman–Crippen LogP) is 13.2. The minimum Gasteiger partial charge on any atom is -0.465 e. The molecule has 0 N–H and O–H groups in total. The smallest absolute Gasteiger partial charge is 0.337 e. The molecule has 0 aliphatic carbocycles. The number of rotatable bonds is 36. The quantitative estimate of drug-likeness (QED) is 0.0264. The van der Waals surface area contributed by atoms with E-state index in [4.69, 9.17) is 80.5 Å². The first kappa shape index (κ1) is 76.3. The lowest BCUT2D eigenvalue weighted by molar-refractivity contribution is -0.373. The number of benzene rings is 9. The molecule has 3 saturated heterocycles. The summed E-state index contributed by atoms with van der Waals surface area (Å²) in [7, 11) is 1.30. The average Bonchev–Trinajstić information content (AvgIpc) is 0.764. The Kier molecular flexibility index (Phi) is 28.7. The molecule has 106 heavy (non-hydrogen) atoms. The zero-order valence-corrected chi connectivity index (χ0v) is 59.5. The van der Waals surface area contributed by atoms with E-state index in [0.29, 0.717) is 0 Å². The van der Waals surface area contributed by atoms with Gasteiger partial charge in [0.25, 0.3) is 0 Å². The molecule has 12 rings (SSSR count). The normalized spacial score (nSPS) is 24.3. The summed E-state index contributed by atoms with van der Waals surface area (Å²) < 4.78 is 117. The Hall–Kier alpha value is -9.33. The number of esters is 3. The molecule has 0 spiro atoms. The Bertz CT molecular complexity index is 4020.